The minimum Gasteiger partial charge on any atom is -0.392 e. The van der Waals surface area contributed by atoms with Gasteiger partial charge in [-0.1, -0.05) is 32.0 Å². The molecule has 2 aliphatic heterocycles. The van der Waals surface area contributed by atoms with Crippen molar-refractivity contribution in [3.05, 3.63) is 29.8 Å². The largest absolute Gasteiger partial charge is 0.392 e. The minimum atomic E-state index is -0.590. The number of hydrogen-bond donors (Lipinski definition) is 1. The first-order valence-electron chi connectivity index (χ1n) is 9.32. The maximum absolute atomic E-state index is 12.9. The van der Waals surface area contributed by atoms with Crippen LogP contribution >= 0.6 is 0 Å². The molecular weight excluding hydrogens is 316 g/mol. The summed E-state index contributed by atoms with van der Waals surface area (Å²) in [5, 5.41) is 9.90. The van der Waals surface area contributed by atoms with Crippen LogP contribution < -0.4 is 4.90 Å². The molecule has 5 heteroatoms. The Morgan fingerprint density at radius 2 is 1.84 bits per heavy atom. The SMILES string of the molecule is CC(C)C(O)CC(=O)N1CCC(C(=O)N2CCc3ccccc32)CC1. The van der Waals surface area contributed by atoms with Crippen molar-refractivity contribution in [2.24, 2.45) is 11.8 Å². The standard InChI is InChI=1S/C20H28N2O3/c1-14(2)18(23)13-19(24)21-10-7-16(8-11-21)20(25)22-12-9-15-5-3-4-6-17(15)22/h3-6,14,16,18,23H,7-13H2,1-2H3. The summed E-state index contributed by atoms with van der Waals surface area (Å²) in [7, 11) is 0. The number of carbonyl (C=O) groups excluding carboxylic acids is 2. The quantitative estimate of drug-likeness (QED) is 0.911. The maximum atomic E-state index is 12.9. The van der Waals surface area contributed by atoms with Crippen LogP contribution in [0.4, 0.5) is 5.69 Å². The van der Waals surface area contributed by atoms with Crippen LogP contribution in [0.3, 0.4) is 0 Å². The van der Waals surface area contributed by atoms with E-state index < -0.39 is 6.10 Å². The molecule has 1 atom stereocenters. The molecule has 1 aromatic carbocycles. The number of likely N-dealkylation sites (tertiary alicyclic amines) is 1. The number of benzene rings is 1. The van der Waals surface area contributed by atoms with Gasteiger partial charge in [0.25, 0.3) is 0 Å². The molecule has 5 nitrogen and oxygen atoms in total. The van der Waals surface area contributed by atoms with E-state index in [4.69, 9.17) is 0 Å². The number of carbonyl (C=O) groups is 2. The van der Waals surface area contributed by atoms with Gasteiger partial charge in [0.15, 0.2) is 0 Å². The molecule has 0 radical (unpaired) electrons. The van der Waals surface area contributed by atoms with Gasteiger partial charge < -0.3 is 14.9 Å². The molecule has 1 N–H and O–H groups in total. The van der Waals surface area contributed by atoms with Crippen LogP contribution in [0.2, 0.25) is 0 Å². The number of anilines is 1. The van der Waals surface area contributed by atoms with E-state index >= 15 is 0 Å². The zero-order valence-electron chi connectivity index (χ0n) is 15.1. The first-order chi connectivity index (χ1) is 12.0. The number of nitrogens with zero attached hydrogens (tertiary/aromatic N) is 2. The highest BCUT2D eigenvalue weighted by Gasteiger charge is 2.33. The smallest absolute Gasteiger partial charge is 0.230 e. The molecule has 2 aliphatic rings. The van der Waals surface area contributed by atoms with Crippen molar-refractivity contribution < 1.29 is 14.7 Å². The second kappa shape index (κ2) is 7.56. The fourth-order valence-corrected chi connectivity index (χ4v) is 3.71. The highest BCUT2D eigenvalue weighted by Crippen LogP contribution is 2.31. The van der Waals surface area contributed by atoms with Crippen molar-refractivity contribution in [2.75, 3.05) is 24.5 Å². The normalized spacial score (nSPS) is 19.2. The van der Waals surface area contributed by atoms with Crippen LogP contribution in [-0.4, -0.2) is 47.6 Å². The van der Waals surface area contributed by atoms with Crippen LogP contribution in [-0.2, 0) is 16.0 Å². The van der Waals surface area contributed by atoms with Crippen molar-refractivity contribution >= 4 is 17.5 Å². The fraction of sp³-hybridized carbons (Fsp3) is 0.600. The van der Waals surface area contributed by atoms with Crippen molar-refractivity contribution in [2.45, 2.75) is 45.6 Å². The molecule has 2 amide bonds. The van der Waals surface area contributed by atoms with E-state index in [1.165, 1.54) is 5.56 Å². The number of hydrogen-bond acceptors (Lipinski definition) is 3. The van der Waals surface area contributed by atoms with Gasteiger partial charge in [-0.05, 0) is 36.8 Å². The zero-order valence-corrected chi connectivity index (χ0v) is 15.1. The molecule has 1 saturated heterocycles. The lowest BCUT2D eigenvalue weighted by Crippen LogP contribution is -2.45. The predicted octanol–water partition coefficient (Wildman–Crippen LogP) is 2.22. The van der Waals surface area contributed by atoms with Crippen LogP contribution in [0.5, 0.6) is 0 Å². The third kappa shape index (κ3) is 3.87. The van der Waals surface area contributed by atoms with Crippen molar-refractivity contribution in [1.82, 2.24) is 4.90 Å². The molecule has 1 fully saturated rings. The van der Waals surface area contributed by atoms with E-state index in [9.17, 15) is 14.7 Å². The molecule has 0 aromatic heterocycles. The van der Waals surface area contributed by atoms with Gasteiger partial charge in [0.2, 0.25) is 11.8 Å². The second-order valence-corrected chi connectivity index (χ2v) is 7.54. The van der Waals surface area contributed by atoms with Crippen LogP contribution in [0, 0.1) is 11.8 Å². The average molecular weight is 344 g/mol. The summed E-state index contributed by atoms with van der Waals surface area (Å²) < 4.78 is 0. The van der Waals surface area contributed by atoms with Gasteiger partial charge in [-0.2, -0.15) is 0 Å². The van der Waals surface area contributed by atoms with Crippen molar-refractivity contribution in [1.29, 1.82) is 0 Å². The number of para-hydroxylation sites is 1. The topological polar surface area (TPSA) is 60.9 Å². The minimum absolute atomic E-state index is 0.00128. The lowest BCUT2D eigenvalue weighted by molar-refractivity contribution is -0.137. The Kier molecular flexibility index (Phi) is 5.42. The molecule has 0 bridgehead atoms. The Bertz CT molecular complexity index is 636. The Morgan fingerprint density at radius 3 is 2.52 bits per heavy atom. The van der Waals surface area contributed by atoms with E-state index in [1.54, 1.807) is 4.90 Å². The first-order valence-corrected chi connectivity index (χ1v) is 9.32. The summed E-state index contributed by atoms with van der Waals surface area (Å²) in [4.78, 5) is 28.9. The number of aliphatic hydroxyl groups is 1. The lowest BCUT2D eigenvalue weighted by Gasteiger charge is -2.34. The third-order valence-corrected chi connectivity index (χ3v) is 5.50. The molecule has 0 spiro atoms. The van der Waals surface area contributed by atoms with E-state index in [0.717, 1.165) is 18.7 Å². The molecule has 136 valence electrons. The number of fused-ring (bicyclic) bond motifs is 1. The maximum Gasteiger partial charge on any atom is 0.230 e. The summed E-state index contributed by atoms with van der Waals surface area (Å²) in [5.74, 6) is 0.265. The monoisotopic (exact) mass is 344 g/mol. The Balaban J connectivity index is 1.54. The third-order valence-electron chi connectivity index (χ3n) is 5.50. The van der Waals surface area contributed by atoms with Gasteiger partial charge in [0.05, 0.1) is 12.5 Å². The van der Waals surface area contributed by atoms with Gasteiger partial charge in [-0.25, -0.2) is 0 Å². The van der Waals surface area contributed by atoms with E-state index in [2.05, 4.69) is 6.07 Å². The molecule has 0 aliphatic carbocycles. The van der Waals surface area contributed by atoms with Crippen LogP contribution in [0.1, 0.15) is 38.7 Å². The number of amides is 2. The summed E-state index contributed by atoms with van der Waals surface area (Å²) >= 11 is 0. The Labute approximate surface area is 149 Å². The Morgan fingerprint density at radius 1 is 1.16 bits per heavy atom. The summed E-state index contributed by atoms with van der Waals surface area (Å²) in [6, 6.07) is 8.10. The number of aliphatic hydroxyl groups excluding tert-OH is 1. The molecular formula is C20H28N2O3. The summed E-state index contributed by atoms with van der Waals surface area (Å²) in [5.41, 5.74) is 2.29. The number of piperidine rings is 1. The van der Waals surface area contributed by atoms with E-state index in [0.29, 0.717) is 25.9 Å². The Hall–Kier alpha value is -1.88. The molecule has 1 aromatic rings. The van der Waals surface area contributed by atoms with Crippen molar-refractivity contribution in [3.63, 3.8) is 0 Å². The van der Waals surface area contributed by atoms with Gasteiger partial charge in [-0.15, -0.1) is 0 Å². The van der Waals surface area contributed by atoms with Crippen molar-refractivity contribution in [3.8, 4) is 0 Å². The fourth-order valence-electron chi connectivity index (χ4n) is 3.71. The molecule has 25 heavy (non-hydrogen) atoms. The average Bonchev–Trinajstić information content (AvgIpc) is 3.05. The zero-order chi connectivity index (χ0) is 18.0. The highest BCUT2D eigenvalue weighted by molar-refractivity contribution is 5.97. The molecule has 1 unspecified atom stereocenters. The van der Waals surface area contributed by atoms with Crippen LogP contribution in [0.25, 0.3) is 0 Å². The van der Waals surface area contributed by atoms with E-state index in [1.807, 2.05) is 36.9 Å². The van der Waals surface area contributed by atoms with Gasteiger partial charge in [-0.3, -0.25) is 9.59 Å². The van der Waals surface area contributed by atoms with Gasteiger partial charge in [0, 0.05) is 31.2 Å². The molecule has 3 rings (SSSR count). The summed E-state index contributed by atoms with van der Waals surface area (Å²) in [6.45, 7) is 5.80. The molecule has 0 saturated carbocycles. The lowest BCUT2D eigenvalue weighted by atomic mass is 9.94. The molecule has 2 heterocycles. The van der Waals surface area contributed by atoms with Gasteiger partial charge >= 0.3 is 0 Å². The predicted molar refractivity (Wildman–Crippen MR) is 97.3 cm³/mol. The summed E-state index contributed by atoms with van der Waals surface area (Å²) in [6.07, 6.45) is 1.93. The van der Waals surface area contributed by atoms with Crippen LogP contribution in [0.15, 0.2) is 24.3 Å². The highest BCUT2D eigenvalue weighted by atomic mass is 16.3. The number of rotatable bonds is 4. The van der Waals surface area contributed by atoms with Gasteiger partial charge in [0.1, 0.15) is 0 Å². The second-order valence-electron chi connectivity index (χ2n) is 7.54. The first kappa shape index (κ1) is 17.9. The van der Waals surface area contributed by atoms with E-state index in [-0.39, 0.29) is 30.1 Å².